The number of hydrogen-bond donors (Lipinski definition) is 2. The minimum atomic E-state index is -0.815. The number of furan rings is 1. The second kappa shape index (κ2) is 4.03. The van der Waals surface area contributed by atoms with Gasteiger partial charge in [-0.1, -0.05) is 18.2 Å². The summed E-state index contributed by atoms with van der Waals surface area (Å²) < 4.78 is 5.75. The smallest absolute Gasteiger partial charge is 0.338 e. The Kier molecular flexibility index (Phi) is 2.48. The maximum absolute atomic E-state index is 10.7. The number of benzene rings is 1. The second-order valence-electron chi connectivity index (χ2n) is 4.71. The van der Waals surface area contributed by atoms with E-state index in [0.29, 0.717) is 5.06 Å². The van der Waals surface area contributed by atoms with E-state index < -0.39 is 6.03 Å². The maximum Gasteiger partial charge on any atom is 0.338 e. The van der Waals surface area contributed by atoms with Gasteiger partial charge < -0.3 is 10.2 Å². The Morgan fingerprint density at radius 2 is 2.28 bits per heavy atom. The zero-order valence-corrected chi connectivity index (χ0v) is 9.74. The third-order valence-electron chi connectivity index (χ3n) is 3.39. The van der Waals surface area contributed by atoms with Crippen LogP contribution >= 0.6 is 0 Å². The van der Waals surface area contributed by atoms with Gasteiger partial charge in [-0.25, -0.2) is 9.86 Å². The van der Waals surface area contributed by atoms with Gasteiger partial charge in [0, 0.05) is 11.3 Å². The van der Waals surface area contributed by atoms with Gasteiger partial charge in [-0.2, -0.15) is 0 Å². The number of carbonyl (C=O) groups excluding carboxylic acids is 1. The molecule has 0 unspecified atom stereocenters. The molecule has 1 heterocycles. The molecule has 0 spiro atoms. The lowest BCUT2D eigenvalue weighted by molar-refractivity contribution is -0.0432. The van der Waals surface area contributed by atoms with E-state index >= 15 is 0 Å². The molecule has 2 aromatic rings. The minimum Gasteiger partial charge on any atom is -0.461 e. The fourth-order valence-electron chi connectivity index (χ4n) is 2.30. The third-order valence-corrected chi connectivity index (χ3v) is 3.39. The predicted molar refractivity (Wildman–Crippen MR) is 65.1 cm³/mol. The highest BCUT2D eigenvalue weighted by Crippen LogP contribution is 2.48. The number of urea groups is 1. The van der Waals surface area contributed by atoms with Crippen LogP contribution in [-0.2, 0) is 0 Å². The lowest BCUT2D eigenvalue weighted by Crippen LogP contribution is -2.34. The van der Waals surface area contributed by atoms with Crippen LogP contribution in [0.25, 0.3) is 11.0 Å². The van der Waals surface area contributed by atoms with E-state index in [2.05, 4.69) is 0 Å². The molecule has 3 N–H and O–H groups in total. The Labute approximate surface area is 104 Å². The molecular weight excluding hydrogens is 232 g/mol. The van der Waals surface area contributed by atoms with Gasteiger partial charge in [0.15, 0.2) is 0 Å². The lowest BCUT2D eigenvalue weighted by Gasteiger charge is -2.10. The summed E-state index contributed by atoms with van der Waals surface area (Å²) >= 11 is 0. The largest absolute Gasteiger partial charge is 0.461 e. The van der Waals surface area contributed by atoms with Crippen LogP contribution in [0.4, 0.5) is 4.79 Å². The molecule has 2 atom stereocenters. The van der Waals surface area contributed by atoms with E-state index in [-0.39, 0.29) is 18.4 Å². The highest BCUT2D eigenvalue weighted by molar-refractivity contribution is 5.78. The number of hydrogen-bond acceptors (Lipinski definition) is 3. The van der Waals surface area contributed by atoms with E-state index in [1.807, 2.05) is 30.3 Å². The van der Waals surface area contributed by atoms with Crippen molar-refractivity contribution in [1.82, 2.24) is 5.06 Å². The SMILES string of the molecule is NC(=O)N(O)C[C@@H]1C[C@H]1c1cc2ccccc2o1. The van der Waals surface area contributed by atoms with Gasteiger partial charge in [-0.05, 0) is 24.5 Å². The minimum absolute atomic E-state index is 0.225. The molecular formula is C13H14N2O3. The van der Waals surface area contributed by atoms with Crippen LogP contribution in [0, 0.1) is 5.92 Å². The lowest BCUT2D eigenvalue weighted by atomic mass is 10.2. The van der Waals surface area contributed by atoms with Crippen molar-refractivity contribution in [3.05, 3.63) is 36.1 Å². The van der Waals surface area contributed by atoms with Crippen LogP contribution in [0.15, 0.2) is 34.7 Å². The highest BCUT2D eigenvalue weighted by Gasteiger charge is 2.42. The fraction of sp³-hybridized carbons (Fsp3) is 0.308. The number of hydroxylamine groups is 2. The number of primary amides is 1. The summed E-state index contributed by atoms with van der Waals surface area (Å²) in [6.07, 6.45) is 0.907. The van der Waals surface area contributed by atoms with Gasteiger partial charge in [0.2, 0.25) is 0 Å². The van der Waals surface area contributed by atoms with Crippen molar-refractivity contribution in [2.24, 2.45) is 11.7 Å². The van der Waals surface area contributed by atoms with Crippen LogP contribution in [0.3, 0.4) is 0 Å². The van der Waals surface area contributed by atoms with Crippen molar-refractivity contribution >= 4 is 17.0 Å². The van der Waals surface area contributed by atoms with E-state index in [9.17, 15) is 10.0 Å². The number of nitrogens with zero attached hydrogens (tertiary/aromatic N) is 1. The number of fused-ring (bicyclic) bond motifs is 1. The molecule has 1 aromatic carbocycles. The maximum atomic E-state index is 10.7. The van der Waals surface area contributed by atoms with Crippen molar-refractivity contribution in [3.8, 4) is 0 Å². The first kappa shape index (κ1) is 11.1. The molecule has 3 rings (SSSR count). The quantitative estimate of drug-likeness (QED) is 0.644. The van der Waals surface area contributed by atoms with Gasteiger partial charge in [0.25, 0.3) is 0 Å². The van der Waals surface area contributed by atoms with Gasteiger partial charge in [-0.15, -0.1) is 0 Å². The molecule has 1 aliphatic carbocycles. The summed E-state index contributed by atoms with van der Waals surface area (Å²) in [7, 11) is 0. The first-order chi connectivity index (χ1) is 8.65. The van der Waals surface area contributed by atoms with Crippen molar-refractivity contribution in [2.75, 3.05) is 6.54 Å². The molecule has 2 amide bonds. The van der Waals surface area contributed by atoms with Crippen molar-refractivity contribution in [2.45, 2.75) is 12.3 Å². The molecule has 1 fully saturated rings. The monoisotopic (exact) mass is 246 g/mol. The van der Waals surface area contributed by atoms with Crippen molar-refractivity contribution < 1.29 is 14.4 Å². The van der Waals surface area contributed by atoms with E-state index in [1.165, 1.54) is 0 Å². The first-order valence-electron chi connectivity index (χ1n) is 5.89. The molecule has 18 heavy (non-hydrogen) atoms. The normalized spacial score (nSPS) is 22.1. The molecule has 1 aromatic heterocycles. The predicted octanol–water partition coefficient (Wildman–Crippen LogP) is 2.31. The van der Waals surface area contributed by atoms with Crippen LogP contribution < -0.4 is 5.73 Å². The summed E-state index contributed by atoms with van der Waals surface area (Å²) in [5, 5.41) is 10.9. The molecule has 5 heteroatoms. The molecule has 1 aliphatic rings. The number of amides is 2. The van der Waals surface area contributed by atoms with Gasteiger partial charge in [0.1, 0.15) is 11.3 Å². The standard InChI is InChI=1S/C13H14N2O3/c14-13(16)15(17)7-9-5-10(9)12-6-8-3-1-2-4-11(8)18-12/h1-4,6,9-10,17H,5,7H2,(H2,14,16)/t9-,10+/m0/s1. The zero-order chi connectivity index (χ0) is 12.7. The van der Waals surface area contributed by atoms with E-state index in [4.69, 9.17) is 10.2 Å². The summed E-state index contributed by atoms with van der Waals surface area (Å²) in [6.45, 7) is 0.261. The Morgan fingerprint density at radius 3 is 3.00 bits per heavy atom. The first-order valence-corrected chi connectivity index (χ1v) is 5.89. The third kappa shape index (κ3) is 1.93. The second-order valence-corrected chi connectivity index (χ2v) is 4.71. The number of para-hydroxylation sites is 1. The molecule has 0 radical (unpaired) electrons. The molecule has 0 aliphatic heterocycles. The summed E-state index contributed by atoms with van der Waals surface area (Å²) in [5.74, 6) is 1.41. The topological polar surface area (TPSA) is 79.7 Å². The molecule has 5 nitrogen and oxygen atoms in total. The average Bonchev–Trinajstić information content (AvgIpc) is 2.98. The number of rotatable bonds is 3. The average molecular weight is 246 g/mol. The van der Waals surface area contributed by atoms with Gasteiger partial charge >= 0.3 is 6.03 Å². The summed E-state index contributed by atoms with van der Waals surface area (Å²) in [4.78, 5) is 10.7. The van der Waals surface area contributed by atoms with E-state index in [0.717, 1.165) is 23.2 Å². The Morgan fingerprint density at radius 1 is 1.50 bits per heavy atom. The van der Waals surface area contributed by atoms with E-state index in [1.54, 1.807) is 0 Å². The van der Waals surface area contributed by atoms with Crippen LogP contribution in [0.5, 0.6) is 0 Å². The van der Waals surface area contributed by atoms with Crippen molar-refractivity contribution in [3.63, 3.8) is 0 Å². The zero-order valence-electron chi connectivity index (χ0n) is 9.74. The van der Waals surface area contributed by atoms with Crippen LogP contribution in [0.2, 0.25) is 0 Å². The van der Waals surface area contributed by atoms with Gasteiger partial charge in [0.05, 0.1) is 6.54 Å². The Balaban J connectivity index is 1.72. The summed E-state index contributed by atoms with van der Waals surface area (Å²) in [6, 6.07) is 9.04. The highest BCUT2D eigenvalue weighted by atomic mass is 16.5. The molecule has 94 valence electrons. The van der Waals surface area contributed by atoms with Crippen LogP contribution in [-0.4, -0.2) is 22.8 Å². The molecule has 1 saturated carbocycles. The Bertz CT molecular complexity index is 560. The fourth-order valence-corrected chi connectivity index (χ4v) is 2.30. The van der Waals surface area contributed by atoms with Crippen LogP contribution in [0.1, 0.15) is 18.1 Å². The number of carbonyl (C=O) groups is 1. The Hall–Kier alpha value is -2.01. The molecule has 0 saturated heterocycles. The van der Waals surface area contributed by atoms with Crippen molar-refractivity contribution in [1.29, 1.82) is 0 Å². The number of nitrogens with two attached hydrogens (primary N) is 1. The van der Waals surface area contributed by atoms with Gasteiger partial charge in [-0.3, -0.25) is 5.21 Å². The molecule has 0 bridgehead atoms. The summed E-state index contributed by atoms with van der Waals surface area (Å²) in [5.41, 5.74) is 5.84.